The molecule has 0 saturated heterocycles. The lowest BCUT2D eigenvalue weighted by molar-refractivity contribution is -0.126. The van der Waals surface area contributed by atoms with E-state index in [2.05, 4.69) is 0 Å². The molecule has 1 rings (SSSR count). The molecule has 0 saturated carbocycles. The monoisotopic (exact) mass is 315 g/mol. The maximum absolute atomic E-state index is 12.2. The highest BCUT2D eigenvalue weighted by Crippen LogP contribution is 2.23. The lowest BCUT2D eigenvalue weighted by atomic mass is 10.2. The van der Waals surface area contributed by atoms with Gasteiger partial charge >= 0.3 is 5.97 Å². The molecule has 0 spiro atoms. The molecule has 1 aromatic carbocycles. The second kappa shape index (κ2) is 6.57. The molecular formula is C13H17NO6S. The van der Waals surface area contributed by atoms with Gasteiger partial charge in [0.2, 0.25) is 5.91 Å². The van der Waals surface area contributed by atoms with Crippen LogP contribution < -0.4 is 4.74 Å². The largest absolute Gasteiger partial charge is 0.496 e. The Labute approximate surface area is 123 Å². The van der Waals surface area contributed by atoms with Gasteiger partial charge in [0.25, 0.3) is 0 Å². The van der Waals surface area contributed by atoms with Gasteiger partial charge in [-0.15, -0.1) is 0 Å². The van der Waals surface area contributed by atoms with Crippen LogP contribution in [0.3, 0.4) is 0 Å². The first-order chi connectivity index (χ1) is 9.72. The molecule has 0 aromatic heterocycles. The average Bonchev–Trinajstić information content (AvgIpc) is 2.44. The van der Waals surface area contributed by atoms with Crippen molar-refractivity contribution in [1.29, 1.82) is 0 Å². The van der Waals surface area contributed by atoms with Crippen LogP contribution in [0.5, 0.6) is 5.75 Å². The normalized spacial score (nSPS) is 11.0. The van der Waals surface area contributed by atoms with Gasteiger partial charge < -0.3 is 14.7 Å². The van der Waals surface area contributed by atoms with E-state index in [1.54, 1.807) is 6.92 Å². The fourth-order valence-electron chi connectivity index (χ4n) is 1.58. The Kier molecular flexibility index (Phi) is 5.31. The molecular weight excluding hydrogens is 298 g/mol. The highest BCUT2D eigenvalue weighted by Gasteiger charge is 2.23. The zero-order valence-corrected chi connectivity index (χ0v) is 12.8. The summed E-state index contributed by atoms with van der Waals surface area (Å²) in [6, 6.07) is 3.47. The van der Waals surface area contributed by atoms with Crippen molar-refractivity contribution in [3.63, 3.8) is 0 Å². The van der Waals surface area contributed by atoms with E-state index >= 15 is 0 Å². The van der Waals surface area contributed by atoms with Crippen LogP contribution in [0.2, 0.25) is 0 Å². The summed E-state index contributed by atoms with van der Waals surface area (Å²) in [5.41, 5.74) is -0.269. The summed E-state index contributed by atoms with van der Waals surface area (Å²) in [6.07, 6.45) is 0. The quantitative estimate of drug-likeness (QED) is 0.827. The molecule has 0 fully saturated rings. The van der Waals surface area contributed by atoms with Gasteiger partial charge in [0.05, 0.1) is 12.0 Å². The van der Waals surface area contributed by atoms with Crippen LogP contribution in [0.25, 0.3) is 0 Å². The van der Waals surface area contributed by atoms with Crippen LogP contribution in [-0.2, 0) is 14.6 Å². The Morgan fingerprint density at radius 3 is 2.43 bits per heavy atom. The van der Waals surface area contributed by atoms with Crippen LogP contribution >= 0.6 is 0 Å². The van der Waals surface area contributed by atoms with Gasteiger partial charge in [0.1, 0.15) is 17.1 Å². The number of sulfone groups is 1. The molecule has 1 N–H and O–H groups in total. The Balaban J connectivity index is 3.18. The van der Waals surface area contributed by atoms with Gasteiger partial charge in [-0.1, -0.05) is 0 Å². The number of carboxylic acids is 1. The van der Waals surface area contributed by atoms with E-state index in [-0.39, 0.29) is 16.2 Å². The number of carboxylic acid groups (broad SMARTS) is 1. The zero-order chi connectivity index (χ0) is 16.2. The summed E-state index contributed by atoms with van der Waals surface area (Å²) in [7, 11) is -1.12. The molecule has 116 valence electrons. The van der Waals surface area contributed by atoms with Crippen molar-refractivity contribution in [3.8, 4) is 5.75 Å². The van der Waals surface area contributed by atoms with Crippen molar-refractivity contribution >= 4 is 21.7 Å². The fraction of sp³-hybridized carbons (Fsp3) is 0.385. The van der Waals surface area contributed by atoms with E-state index in [0.29, 0.717) is 6.54 Å². The van der Waals surface area contributed by atoms with E-state index in [1.807, 2.05) is 0 Å². The van der Waals surface area contributed by atoms with Crippen LogP contribution in [0.4, 0.5) is 0 Å². The summed E-state index contributed by atoms with van der Waals surface area (Å²) < 4.78 is 29.2. The van der Waals surface area contributed by atoms with Gasteiger partial charge in [-0.05, 0) is 25.1 Å². The van der Waals surface area contributed by atoms with E-state index in [0.717, 1.165) is 6.07 Å². The number of nitrogens with zero attached hydrogens (tertiary/aromatic N) is 1. The summed E-state index contributed by atoms with van der Waals surface area (Å²) in [5.74, 6) is -2.51. The van der Waals surface area contributed by atoms with Crippen LogP contribution in [0.1, 0.15) is 17.3 Å². The first-order valence-corrected chi connectivity index (χ1v) is 7.76. The molecule has 1 aromatic rings. The van der Waals surface area contributed by atoms with Crippen molar-refractivity contribution in [2.45, 2.75) is 11.8 Å². The highest BCUT2D eigenvalue weighted by atomic mass is 32.2. The van der Waals surface area contributed by atoms with Gasteiger partial charge in [-0.2, -0.15) is 0 Å². The van der Waals surface area contributed by atoms with E-state index in [1.165, 1.54) is 31.2 Å². The smallest absolute Gasteiger partial charge is 0.339 e. The number of carbonyl (C=O) groups is 2. The van der Waals surface area contributed by atoms with Crippen LogP contribution in [0, 0.1) is 0 Å². The van der Waals surface area contributed by atoms with Crippen molar-refractivity contribution in [3.05, 3.63) is 23.8 Å². The molecule has 8 heteroatoms. The van der Waals surface area contributed by atoms with Gasteiger partial charge in [-0.3, -0.25) is 4.79 Å². The van der Waals surface area contributed by atoms with Crippen molar-refractivity contribution in [2.24, 2.45) is 0 Å². The summed E-state index contributed by atoms with van der Waals surface area (Å²) in [5, 5.41) is 9.05. The number of hydrogen-bond donors (Lipinski definition) is 1. The summed E-state index contributed by atoms with van der Waals surface area (Å²) in [4.78, 5) is 23.9. The Morgan fingerprint density at radius 2 is 1.95 bits per heavy atom. The number of carbonyl (C=O) groups excluding carboxylic acids is 1. The third-order valence-electron chi connectivity index (χ3n) is 2.97. The molecule has 0 unspecified atom stereocenters. The maximum Gasteiger partial charge on any atom is 0.339 e. The topological polar surface area (TPSA) is 101 Å². The minimum Gasteiger partial charge on any atom is -0.496 e. The Morgan fingerprint density at radius 1 is 1.33 bits per heavy atom. The molecule has 0 bridgehead atoms. The minimum absolute atomic E-state index is 0.0541. The standard InChI is InChI=1S/C13H17NO6S/c1-4-14(2)12(15)8-21(18,19)9-5-6-11(20-3)10(7-9)13(16)17/h5-7H,4,8H2,1-3H3,(H,16,17). The first-order valence-electron chi connectivity index (χ1n) is 6.11. The first kappa shape index (κ1) is 17.0. The molecule has 0 aliphatic heterocycles. The predicted molar refractivity (Wildman–Crippen MR) is 75.3 cm³/mol. The van der Waals surface area contributed by atoms with E-state index in [4.69, 9.17) is 9.84 Å². The van der Waals surface area contributed by atoms with Gasteiger partial charge in [0.15, 0.2) is 9.84 Å². The Hall–Kier alpha value is -2.09. The third-order valence-corrected chi connectivity index (χ3v) is 4.57. The predicted octanol–water partition coefficient (Wildman–Crippen LogP) is 0.645. The number of methoxy groups -OCH3 is 1. The number of rotatable bonds is 6. The van der Waals surface area contributed by atoms with Gasteiger partial charge in [0, 0.05) is 13.6 Å². The second-order valence-corrected chi connectivity index (χ2v) is 6.32. The molecule has 0 aliphatic carbocycles. The number of aromatic carboxylic acids is 1. The van der Waals surface area contributed by atoms with Crippen molar-refractivity contribution in [1.82, 2.24) is 4.90 Å². The number of ether oxygens (including phenoxy) is 1. The Bertz CT molecular complexity index is 653. The number of amides is 1. The van der Waals surface area contributed by atoms with E-state index < -0.39 is 27.5 Å². The van der Waals surface area contributed by atoms with Gasteiger partial charge in [-0.25, -0.2) is 13.2 Å². The van der Waals surface area contributed by atoms with E-state index in [9.17, 15) is 18.0 Å². The highest BCUT2D eigenvalue weighted by molar-refractivity contribution is 7.92. The molecule has 0 atom stereocenters. The van der Waals surface area contributed by atoms with Crippen molar-refractivity contribution < 1.29 is 27.9 Å². The fourth-order valence-corrected chi connectivity index (χ4v) is 2.87. The molecule has 0 heterocycles. The van der Waals surface area contributed by atoms with Crippen molar-refractivity contribution in [2.75, 3.05) is 26.5 Å². The van der Waals surface area contributed by atoms with Crippen LogP contribution in [-0.4, -0.2) is 56.8 Å². The lowest BCUT2D eigenvalue weighted by Gasteiger charge is -2.14. The number of benzene rings is 1. The second-order valence-electron chi connectivity index (χ2n) is 4.33. The molecule has 1 amide bonds. The van der Waals surface area contributed by atoms with Crippen LogP contribution in [0.15, 0.2) is 23.1 Å². The SMILES string of the molecule is CCN(C)C(=O)CS(=O)(=O)c1ccc(OC)c(C(=O)O)c1. The summed E-state index contributed by atoms with van der Waals surface area (Å²) in [6.45, 7) is 2.11. The molecule has 7 nitrogen and oxygen atoms in total. The third kappa shape index (κ3) is 3.94. The minimum atomic E-state index is -3.91. The maximum atomic E-state index is 12.2. The zero-order valence-electron chi connectivity index (χ0n) is 12.0. The lowest BCUT2D eigenvalue weighted by Crippen LogP contribution is -2.32. The molecule has 0 aliphatic rings. The number of hydrogen-bond acceptors (Lipinski definition) is 5. The average molecular weight is 315 g/mol. The molecule has 0 radical (unpaired) electrons. The molecule has 21 heavy (non-hydrogen) atoms. The summed E-state index contributed by atoms with van der Waals surface area (Å²) >= 11 is 0.